The van der Waals surface area contributed by atoms with Crippen molar-refractivity contribution in [2.45, 2.75) is 32.1 Å². The second kappa shape index (κ2) is 6.08. The number of rotatable bonds is 8. The van der Waals surface area contributed by atoms with Crippen LogP contribution in [0.4, 0.5) is 0 Å². The lowest BCUT2D eigenvalue weighted by Gasteiger charge is -2.37. The van der Waals surface area contributed by atoms with Gasteiger partial charge in [-0.1, -0.05) is 6.42 Å². The molecule has 0 saturated heterocycles. The minimum absolute atomic E-state index is 0.471. The molecule has 15 heavy (non-hydrogen) atoms. The number of hydrogen-bond donors (Lipinski definition) is 1. The van der Waals surface area contributed by atoms with Crippen LogP contribution in [0.3, 0.4) is 0 Å². The molecule has 0 aromatic heterocycles. The molecule has 0 aromatic carbocycles. The van der Waals surface area contributed by atoms with E-state index in [0.29, 0.717) is 26.2 Å². The van der Waals surface area contributed by atoms with E-state index < -0.39 is 11.4 Å². The van der Waals surface area contributed by atoms with E-state index in [9.17, 15) is 4.79 Å². The molecular formula is C11H20O4. The fourth-order valence-electron chi connectivity index (χ4n) is 1.85. The van der Waals surface area contributed by atoms with Crippen molar-refractivity contribution in [3.63, 3.8) is 0 Å². The van der Waals surface area contributed by atoms with Gasteiger partial charge >= 0.3 is 5.97 Å². The molecule has 1 saturated carbocycles. The highest BCUT2D eigenvalue weighted by atomic mass is 16.5. The average Bonchev–Trinajstić information content (AvgIpc) is 2.13. The van der Waals surface area contributed by atoms with Gasteiger partial charge in [0.2, 0.25) is 0 Å². The summed E-state index contributed by atoms with van der Waals surface area (Å²) in [4.78, 5) is 11.0. The topological polar surface area (TPSA) is 55.8 Å². The van der Waals surface area contributed by atoms with E-state index in [4.69, 9.17) is 14.6 Å². The first-order chi connectivity index (χ1) is 7.21. The van der Waals surface area contributed by atoms with Gasteiger partial charge in [-0.15, -0.1) is 0 Å². The molecule has 0 aromatic rings. The Hall–Kier alpha value is -0.610. The summed E-state index contributed by atoms with van der Waals surface area (Å²) in [6.07, 6.45) is 4.18. The second-order valence-electron chi connectivity index (χ2n) is 4.15. The smallest absolute Gasteiger partial charge is 0.309 e. The lowest BCUT2D eigenvalue weighted by atomic mass is 9.67. The number of carboxylic acids is 1. The highest BCUT2D eigenvalue weighted by Gasteiger charge is 2.43. The largest absolute Gasteiger partial charge is 0.481 e. The van der Waals surface area contributed by atoms with Gasteiger partial charge in [0.15, 0.2) is 0 Å². The zero-order chi connectivity index (χ0) is 11.1. The van der Waals surface area contributed by atoms with Gasteiger partial charge in [-0.3, -0.25) is 4.79 Å². The maximum atomic E-state index is 11.0. The van der Waals surface area contributed by atoms with E-state index in [-0.39, 0.29) is 0 Å². The zero-order valence-corrected chi connectivity index (χ0v) is 9.33. The van der Waals surface area contributed by atoms with E-state index in [1.54, 1.807) is 7.11 Å². The summed E-state index contributed by atoms with van der Waals surface area (Å²) in [6, 6.07) is 0. The van der Waals surface area contributed by atoms with Gasteiger partial charge in [0.05, 0.1) is 5.41 Å². The van der Waals surface area contributed by atoms with Gasteiger partial charge in [-0.2, -0.15) is 0 Å². The maximum Gasteiger partial charge on any atom is 0.309 e. The summed E-state index contributed by atoms with van der Waals surface area (Å²) in [5.41, 5.74) is -0.471. The summed E-state index contributed by atoms with van der Waals surface area (Å²) in [6.45, 7) is 1.91. The molecule has 4 nitrogen and oxygen atoms in total. The van der Waals surface area contributed by atoms with Crippen LogP contribution in [0.15, 0.2) is 0 Å². The van der Waals surface area contributed by atoms with E-state index in [0.717, 1.165) is 25.7 Å². The van der Waals surface area contributed by atoms with Crippen molar-refractivity contribution in [3.05, 3.63) is 0 Å². The molecule has 1 aliphatic rings. The van der Waals surface area contributed by atoms with E-state index in [2.05, 4.69) is 0 Å². The first-order valence-corrected chi connectivity index (χ1v) is 5.51. The fraction of sp³-hybridized carbons (Fsp3) is 0.909. The monoisotopic (exact) mass is 216 g/mol. The van der Waals surface area contributed by atoms with Gasteiger partial charge in [0.1, 0.15) is 0 Å². The normalized spacial score (nSPS) is 18.5. The highest BCUT2D eigenvalue weighted by molar-refractivity contribution is 5.75. The van der Waals surface area contributed by atoms with Gasteiger partial charge in [0, 0.05) is 26.9 Å². The Balaban J connectivity index is 2.06. The maximum absolute atomic E-state index is 11.0. The predicted molar refractivity (Wildman–Crippen MR) is 55.8 cm³/mol. The Morgan fingerprint density at radius 2 is 2.07 bits per heavy atom. The number of ether oxygens (including phenoxy) is 2. The molecular weight excluding hydrogens is 196 g/mol. The summed E-state index contributed by atoms with van der Waals surface area (Å²) in [5, 5.41) is 9.05. The first kappa shape index (κ1) is 12.5. The minimum atomic E-state index is -0.658. The lowest BCUT2D eigenvalue weighted by molar-refractivity contribution is -0.156. The molecule has 88 valence electrons. The van der Waals surface area contributed by atoms with Crippen LogP contribution in [-0.2, 0) is 14.3 Å². The van der Waals surface area contributed by atoms with Crippen molar-refractivity contribution in [2.24, 2.45) is 5.41 Å². The van der Waals surface area contributed by atoms with E-state index in [1.165, 1.54) is 0 Å². The second-order valence-corrected chi connectivity index (χ2v) is 4.15. The quantitative estimate of drug-likeness (QED) is 0.627. The number of methoxy groups -OCH3 is 1. The highest BCUT2D eigenvalue weighted by Crippen LogP contribution is 2.44. The molecule has 0 atom stereocenters. The first-order valence-electron chi connectivity index (χ1n) is 5.51. The van der Waals surface area contributed by atoms with Crippen LogP contribution >= 0.6 is 0 Å². The molecule has 1 N–H and O–H groups in total. The van der Waals surface area contributed by atoms with Crippen molar-refractivity contribution in [1.29, 1.82) is 0 Å². The molecule has 0 heterocycles. The zero-order valence-electron chi connectivity index (χ0n) is 9.33. The molecule has 0 aliphatic heterocycles. The van der Waals surface area contributed by atoms with Crippen LogP contribution in [0.25, 0.3) is 0 Å². The predicted octanol–water partition coefficient (Wildman–Crippen LogP) is 1.68. The van der Waals surface area contributed by atoms with Crippen molar-refractivity contribution < 1.29 is 19.4 Å². The van der Waals surface area contributed by atoms with Crippen LogP contribution in [0.2, 0.25) is 0 Å². The molecule has 0 unspecified atom stereocenters. The molecule has 0 bridgehead atoms. The minimum Gasteiger partial charge on any atom is -0.481 e. The molecule has 0 spiro atoms. The number of hydrogen-bond acceptors (Lipinski definition) is 3. The number of carbonyl (C=O) groups is 1. The molecule has 0 amide bonds. The van der Waals surface area contributed by atoms with Crippen molar-refractivity contribution in [1.82, 2.24) is 0 Å². The Kier molecular flexibility index (Phi) is 5.05. The van der Waals surface area contributed by atoms with Crippen LogP contribution < -0.4 is 0 Å². The average molecular weight is 216 g/mol. The molecule has 0 radical (unpaired) electrons. The van der Waals surface area contributed by atoms with Crippen LogP contribution in [0, 0.1) is 5.41 Å². The fourth-order valence-corrected chi connectivity index (χ4v) is 1.85. The lowest BCUT2D eigenvalue weighted by Crippen LogP contribution is -2.38. The van der Waals surface area contributed by atoms with E-state index in [1.807, 2.05) is 0 Å². The molecule has 1 rings (SSSR count). The van der Waals surface area contributed by atoms with Crippen molar-refractivity contribution >= 4 is 5.97 Å². The van der Waals surface area contributed by atoms with Crippen molar-refractivity contribution in [3.8, 4) is 0 Å². The van der Waals surface area contributed by atoms with Gasteiger partial charge in [-0.05, 0) is 25.7 Å². The van der Waals surface area contributed by atoms with Crippen LogP contribution in [0.1, 0.15) is 32.1 Å². The molecule has 1 fully saturated rings. The van der Waals surface area contributed by atoms with Gasteiger partial charge in [-0.25, -0.2) is 0 Å². The standard InChI is InChI=1S/C11H20O4/c1-14-7-3-8-15-9-6-11(10(12)13)4-2-5-11/h2-9H2,1H3,(H,12,13). The third-order valence-electron chi connectivity index (χ3n) is 3.13. The van der Waals surface area contributed by atoms with E-state index >= 15 is 0 Å². The Morgan fingerprint density at radius 3 is 2.53 bits per heavy atom. The van der Waals surface area contributed by atoms with Gasteiger partial charge in [0.25, 0.3) is 0 Å². The number of aliphatic carboxylic acids is 1. The summed E-state index contributed by atoms with van der Waals surface area (Å²) in [7, 11) is 1.66. The summed E-state index contributed by atoms with van der Waals surface area (Å²) in [5.74, 6) is -0.658. The van der Waals surface area contributed by atoms with Crippen LogP contribution in [-0.4, -0.2) is 38.0 Å². The summed E-state index contributed by atoms with van der Waals surface area (Å²) >= 11 is 0. The van der Waals surface area contributed by atoms with Gasteiger partial charge < -0.3 is 14.6 Å². The summed E-state index contributed by atoms with van der Waals surface area (Å²) < 4.78 is 10.3. The van der Waals surface area contributed by atoms with Crippen molar-refractivity contribution in [2.75, 3.05) is 26.9 Å². The Labute approximate surface area is 90.6 Å². The number of carboxylic acid groups (broad SMARTS) is 1. The molecule has 1 aliphatic carbocycles. The SMILES string of the molecule is COCCCOCCC1(C(=O)O)CCC1. The molecule has 4 heteroatoms. The van der Waals surface area contributed by atoms with Crippen LogP contribution in [0.5, 0.6) is 0 Å². The third kappa shape index (κ3) is 3.47. The Bertz CT molecular complexity index is 199. The third-order valence-corrected chi connectivity index (χ3v) is 3.13. The Morgan fingerprint density at radius 1 is 1.33 bits per heavy atom.